The lowest BCUT2D eigenvalue weighted by atomic mass is 9.57. The highest BCUT2D eigenvalue weighted by molar-refractivity contribution is 5.77. The molecule has 2 aliphatic carbocycles. The summed E-state index contributed by atoms with van der Waals surface area (Å²) in [6, 6.07) is 1.07. The normalized spacial score (nSPS) is 25.7. The molecular formula is C22H26F3N7O2. The highest BCUT2D eigenvalue weighted by Gasteiger charge is 2.58. The molecule has 2 aromatic rings. The number of likely N-dealkylation sites (tertiary alicyclic amines) is 3. The lowest BCUT2D eigenvalue weighted by molar-refractivity contribution is -0.155. The van der Waals surface area contributed by atoms with Crippen molar-refractivity contribution in [2.45, 2.75) is 50.2 Å². The number of nitrogens with one attached hydrogen (secondary N) is 1. The summed E-state index contributed by atoms with van der Waals surface area (Å²) in [5, 5.41) is 11.0. The SMILES string of the molecule is O=C(N1CC2(CC(c3nc(C4CC4)n[nH]3)C2)C1)N1CC2(CN(Cc3cc(C(F)(F)F)on3)C2)C1. The van der Waals surface area contributed by atoms with E-state index in [2.05, 4.69) is 24.9 Å². The number of carbonyl (C=O) groups excluding carboxylic acids is 1. The van der Waals surface area contributed by atoms with Gasteiger partial charge in [-0.1, -0.05) is 5.16 Å². The Labute approximate surface area is 193 Å². The number of hydrogen-bond acceptors (Lipinski definition) is 6. The summed E-state index contributed by atoms with van der Waals surface area (Å²) >= 11 is 0. The molecule has 0 aromatic carbocycles. The standard InChI is InChI=1S/C22H26F3N7O2/c23-22(24,25)16-3-15(29-34-16)6-30-7-21(8-30)11-32(12-21)19(33)31-9-20(10-31)4-14(5-20)18-26-17(27-28-18)13-1-2-13/h3,13-14H,1-2,4-12H2,(H,26,27,28). The molecule has 1 N–H and O–H groups in total. The Kier molecular flexibility index (Phi) is 4.10. The first-order valence-electron chi connectivity index (χ1n) is 11.9. The molecule has 0 bridgehead atoms. The van der Waals surface area contributed by atoms with Crippen molar-refractivity contribution in [3.63, 3.8) is 0 Å². The van der Waals surface area contributed by atoms with Gasteiger partial charge in [-0.25, -0.2) is 9.78 Å². The number of amides is 2. The maximum absolute atomic E-state index is 12.9. The number of alkyl halides is 3. The van der Waals surface area contributed by atoms with Gasteiger partial charge in [-0.05, 0) is 25.7 Å². The molecule has 3 saturated heterocycles. The van der Waals surface area contributed by atoms with Crippen molar-refractivity contribution < 1.29 is 22.5 Å². The molecule has 3 aliphatic heterocycles. The molecule has 0 atom stereocenters. The smallest absolute Gasteiger partial charge is 0.351 e. The first kappa shape index (κ1) is 20.7. The fourth-order valence-electron chi connectivity index (χ4n) is 6.39. The monoisotopic (exact) mass is 477 g/mol. The molecule has 5 heterocycles. The van der Waals surface area contributed by atoms with Crippen LogP contribution in [0.2, 0.25) is 0 Å². The van der Waals surface area contributed by atoms with Gasteiger partial charge < -0.3 is 14.3 Å². The van der Waals surface area contributed by atoms with E-state index in [0.717, 1.165) is 56.7 Å². The van der Waals surface area contributed by atoms with Crippen LogP contribution in [0.3, 0.4) is 0 Å². The molecule has 182 valence electrons. The fraction of sp³-hybridized carbons (Fsp3) is 0.727. The lowest BCUT2D eigenvalue weighted by Crippen LogP contribution is -2.75. The third-order valence-corrected chi connectivity index (χ3v) is 8.20. The van der Waals surface area contributed by atoms with E-state index in [1.165, 1.54) is 12.8 Å². The summed E-state index contributed by atoms with van der Waals surface area (Å²) < 4.78 is 42.3. The Morgan fingerprint density at radius 2 is 1.74 bits per heavy atom. The van der Waals surface area contributed by atoms with E-state index in [1.54, 1.807) is 0 Å². The Morgan fingerprint density at radius 3 is 2.35 bits per heavy atom. The summed E-state index contributed by atoms with van der Waals surface area (Å²) in [5.74, 6) is 1.91. The van der Waals surface area contributed by atoms with Crippen molar-refractivity contribution in [3.05, 3.63) is 29.2 Å². The zero-order chi connectivity index (χ0) is 23.3. The average molecular weight is 477 g/mol. The minimum atomic E-state index is -4.51. The van der Waals surface area contributed by atoms with E-state index >= 15 is 0 Å². The van der Waals surface area contributed by atoms with Crippen LogP contribution in [0.1, 0.15) is 60.6 Å². The second kappa shape index (κ2) is 6.73. The number of hydrogen-bond donors (Lipinski definition) is 1. The third-order valence-electron chi connectivity index (χ3n) is 8.20. The lowest BCUT2D eigenvalue weighted by Gasteiger charge is -2.63. The molecule has 2 spiro atoms. The van der Waals surface area contributed by atoms with Gasteiger partial charge in [-0.2, -0.15) is 18.3 Å². The second-order valence-electron chi connectivity index (χ2n) is 11.3. The number of urea groups is 1. The minimum absolute atomic E-state index is 0.0714. The molecule has 9 nitrogen and oxygen atoms in total. The van der Waals surface area contributed by atoms with E-state index in [9.17, 15) is 18.0 Å². The van der Waals surface area contributed by atoms with Crippen molar-refractivity contribution in [2.75, 3.05) is 39.3 Å². The number of aromatic amines is 1. The summed E-state index contributed by atoms with van der Waals surface area (Å²) in [5.41, 5.74) is 0.602. The van der Waals surface area contributed by atoms with E-state index < -0.39 is 11.9 Å². The maximum Gasteiger partial charge on any atom is 0.452 e. The van der Waals surface area contributed by atoms with Crippen LogP contribution >= 0.6 is 0 Å². The van der Waals surface area contributed by atoms with Crippen LogP contribution in [0.15, 0.2) is 10.6 Å². The summed E-state index contributed by atoms with van der Waals surface area (Å²) in [6.07, 6.45) is 0.00810. The van der Waals surface area contributed by atoms with Crippen LogP contribution in [0.25, 0.3) is 0 Å². The van der Waals surface area contributed by atoms with Gasteiger partial charge >= 0.3 is 12.2 Å². The van der Waals surface area contributed by atoms with Crippen LogP contribution < -0.4 is 0 Å². The highest BCUT2D eigenvalue weighted by atomic mass is 19.4. The molecule has 12 heteroatoms. The van der Waals surface area contributed by atoms with Crippen LogP contribution in [0.5, 0.6) is 0 Å². The Balaban J connectivity index is 0.844. The molecule has 34 heavy (non-hydrogen) atoms. The summed E-state index contributed by atoms with van der Waals surface area (Å²) in [7, 11) is 0. The predicted octanol–water partition coefficient (Wildman–Crippen LogP) is 2.81. The van der Waals surface area contributed by atoms with Gasteiger partial charge in [0.05, 0.1) is 5.69 Å². The topological polar surface area (TPSA) is 94.4 Å². The molecule has 5 aliphatic rings. The van der Waals surface area contributed by atoms with E-state index in [-0.39, 0.29) is 22.6 Å². The Hall–Kier alpha value is -2.63. The van der Waals surface area contributed by atoms with Gasteiger partial charge in [0.1, 0.15) is 5.82 Å². The molecule has 2 saturated carbocycles. The predicted molar refractivity (Wildman–Crippen MR) is 111 cm³/mol. The van der Waals surface area contributed by atoms with Crippen molar-refractivity contribution in [1.29, 1.82) is 0 Å². The fourth-order valence-corrected chi connectivity index (χ4v) is 6.39. The number of nitrogens with zero attached hydrogens (tertiary/aromatic N) is 6. The van der Waals surface area contributed by atoms with E-state index in [0.29, 0.717) is 31.5 Å². The first-order valence-corrected chi connectivity index (χ1v) is 11.9. The van der Waals surface area contributed by atoms with Crippen LogP contribution in [-0.4, -0.2) is 80.3 Å². The Morgan fingerprint density at radius 1 is 1.06 bits per heavy atom. The third kappa shape index (κ3) is 3.32. The zero-order valence-corrected chi connectivity index (χ0v) is 18.6. The number of rotatable bonds is 4. The Bertz CT molecular complexity index is 1110. The zero-order valence-electron chi connectivity index (χ0n) is 18.6. The number of carbonyl (C=O) groups is 1. The van der Waals surface area contributed by atoms with E-state index in [1.807, 2.05) is 14.7 Å². The minimum Gasteiger partial charge on any atom is -0.351 e. The van der Waals surface area contributed by atoms with Crippen LogP contribution in [0.4, 0.5) is 18.0 Å². The average Bonchev–Trinajstić information content (AvgIpc) is 3.19. The molecule has 2 amide bonds. The highest BCUT2D eigenvalue weighted by Crippen LogP contribution is 2.56. The number of aromatic nitrogens is 4. The van der Waals surface area contributed by atoms with Crippen molar-refractivity contribution in [2.24, 2.45) is 10.8 Å². The summed E-state index contributed by atoms with van der Waals surface area (Å²) in [6.45, 7) is 4.91. The van der Waals surface area contributed by atoms with Gasteiger partial charge in [0.2, 0.25) is 5.76 Å². The van der Waals surface area contributed by atoms with Gasteiger partial charge in [0.25, 0.3) is 0 Å². The van der Waals surface area contributed by atoms with Crippen LogP contribution in [0, 0.1) is 10.8 Å². The molecule has 5 fully saturated rings. The largest absolute Gasteiger partial charge is 0.452 e. The van der Waals surface area contributed by atoms with E-state index in [4.69, 9.17) is 0 Å². The van der Waals surface area contributed by atoms with Crippen molar-refractivity contribution in [3.8, 4) is 0 Å². The van der Waals surface area contributed by atoms with Gasteiger partial charge in [-0.3, -0.25) is 10.00 Å². The van der Waals surface area contributed by atoms with Crippen molar-refractivity contribution in [1.82, 2.24) is 35.0 Å². The molecule has 2 aromatic heterocycles. The van der Waals surface area contributed by atoms with Gasteiger partial charge in [-0.15, -0.1) is 0 Å². The molecule has 0 radical (unpaired) electrons. The quantitative estimate of drug-likeness (QED) is 0.728. The first-order chi connectivity index (χ1) is 16.2. The number of halogens is 3. The molecule has 7 rings (SSSR count). The van der Waals surface area contributed by atoms with Crippen LogP contribution in [-0.2, 0) is 12.7 Å². The van der Waals surface area contributed by atoms with Gasteiger partial charge in [0, 0.05) is 74.5 Å². The molecule has 0 unspecified atom stereocenters. The van der Waals surface area contributed by atoms with Gasteiger partial charge in [0.15, 0.2) is 5.82 Å². The second-order valence-corrected chi connectivity index (χ2v) is 11.3. The number of H-pyrrole nitrogens is 1. The maximum atomic E-state index is 12.9. The summed E-state index contributed by atoms with van der Waals surface area (Å²) in [4.78, 5) is 23.4. The molecular weight excluding hydrogens is 451 g/mol. The van der Waals surface area contributed by atoms with Crippen molar-refractivity contribution >= 4 is 6.03 Å².